The fraction of sp³-hybridized carbons (Fsp3) is 0.500. The number of ether oxygens (including phenoxy) is 1. The fourth-order valence-corrected chi connectivity index (χ4v) is 1.91. The van der Waals surface area contributed by atoms with Gasteiger partial charge >= 0.3 is 28.9 Å². The molecule has 20 heavy (non-hydrogen) atoms. The molecule has 0 atom stereocenters. The Morgan fingerprint density at radius 3 is 2.05 bits per heavy atom. The maximum atomic E-state index is 13.4. The van der Waals surface area contributed by atoms with Gasteiger partial charge in [-0.25, -0.2) is 4.79 Å². The summed E-state index contributed by atoms with van der Waals surface area (Å²) in [6.45, 7) is 0. The number of esters is 1. The normalized spacial score (nSPS) is 13.4. The Morgan fingerprint density at radius 2 is 1.65 bits per heavy atom. The molecule has 0 bridgehead atoms. The van der Waals surface area contributed by atoms with Gasteiger partial charge in [-0.2, -0.15) is 30.7 Å². The van der Waals surface area contributed by atoms with Crippen molar-refractivity contribution in [2.24, 2.45) is 0 Å². The second-order valence-electron chi connectivity index (χ2n) is 3.36. The second kappa shape index (κ2) is 4.75. The van der Waals surface area contributed by atoms with Crippen molar-refractivity contribution in [2.75, 3.05) is 7.11 Å². The van der Waals surface area contributed by atoms with E-state index in [1.54, 1.807) is 0 Å². The van der Waals surface area contributed by atoms with Crippen LogP contribution in [0.3, 0.4) is 0 Å². The molecular weight excluding hydrogens is 323 g/mol. The van der Waals surface area contributed by atoms with Gasteiger partial charge in [0.25, 0.3) is 0 Å². The van der Waals surface area contributed by atoms with Crippen LogP contribution in [-0.4, -0.2) is 30.2 Å². The Morgan fingerprint density at radius 1 is 1.15 bits per heavy atom. The molecule has 114 valence electrons. The van der Waals surface area contributed by atoms with E-state index >= 15 is 0 Å². The molecule has 1 rings (SSSR count). The van der Waals surface area contributed by atoms with Gasteiger partial charge in [-0.15, -0.1) is 0 Å². The average Bonchev–Trinajstić information content (AvgIpc) is 2.69. The predicted octanol–water partition coefficient (Wildman–Crippen LogP) is 2.51. The van der Waals surface area contributed by atoms with E-state index < -0.39 is 39.4 Å². The number of aromatic amines is 1. The number of carbonyl (C=O) groups is 1. The molecule has 0 saturated heterocycles. The van der Waals surface area contributed by atoms with Crippen LogP contribution in [0.1, 0.15) is 15.4 Å². The van der Waals surface area contributed by atoms with Crippen molar-refractivity contribution in [1.29, 1.82) is 0 Å². The molecule has 0 fully saturated rings. The molecule has 1 heterocycles. The third kappa shape index (κ3) is 2.39. The summed E-state index contributed by atoms with van der Waals surface area (Å²) in [7, 11) is 0.677. The fourth-order valence-electron chi connectivity index (χ4n) is 1.12. The number of hydrogen-bond donors (Lipinski definition) is 1. The van der Waals surface area contributed by atoms with Gasteiger partial charge in [0.05, 0.1) is 7.11 Å². The summed E-state index contributed by atoms with van der Waals surface area (Å²) >= 11 is -0.266. The van der Waals surface area contributed by atoms with Gasteiger partial charge in [0, 0.05) is 0 Å². The van der Waals surface area contributed by atoms with Crippen molar-refractivity contribution in [3.63, 3.8) is 0 Å². The first-order valence-electron chi connectivity index (χ1n) is 4.50. The van der Waals surface area contributed by atoms with Gasteiger partial charge in [0.15, 0.2) is 0 Å². The molecule has 1 aromatic rings. The summed E-state index contributed by atoms with van der Waals surface area (Å²) in [6.07, 6.45) is -6.58. The summed E-state index contributed by atoms with van der Waals surface area (Å²) in [5, 5.41) is 0. The summed E-state index contributed by atoms with van der Waals surface area (Å²) in [6, 6.07) is 0. The van der Waals surface area contributed by atoms with Crippen LogP contribution in [0, 0.1) is 0 Å². The maximum absolute atomic E-state index is 13.4. The molecule has 0 unspecified atom stereocenters. The summed E-state index contributed by atoms with van der Waals surface area (Å²) in [4.78, 5) is 20.2. The van der Waals surface area contributed by atoms with E-state index in [9.17, 15) is 40.3 Å². The van der Waals surface area contributed by atoms with Crippen LogP contribution in [-0.2, 0) is 10.7 Å². The van der Waals surface area contributed by atoms with Crippen LogP contribution >= 0.6 is 11.3 Å². The van der Waals surface area contributed by atoms with E-state index in [-0.39, 0.29) is 11.3 Å². The Kier molecular flexibility index (Phi) is 3.91. The molecule has 0 saturated carbocycles. The van der Waals surface area contributed by atoms with Crippen LogP contribution in [0.2, 0.25) is 0 Å². The molecule has 0 amide bonds. The molecule has 0 radical (unpaired) electrons. The minimum absolute atomic E-state index is 0.266. The van der Waals surface area contributed by atoms with E-state index in [2.05, 4.69) is 4.74 Å². The van der Waals surface area contributed by atoms with E-state index in [0.29, 0.717) is 7.11 Å². The zero-order valence-electron chi connectivity index (χ0n) is 9.28. The number of H-pyrrole nitrogens is 1. The topological polar surface area (TPSA) is 59.2 Å². The van der Waals surface area contributed by atoms with Crippen molar-refractivity contribution in [3.05, 3.63) is 20.2 Å². The first kappa shape index (κ1) is 16.5. The molecule has 1 N–H and O–H groups in total. The Bertz CT molecular complexity index is 573. The highest BCUT2D eigenvalue weighted by atomic mass is 32.1. The summed E-state index contributed by atoms with van der Waals surface area (Å²) in [5.41, 5.74) is -2.14. The van der Waals surface area contributed by atoms with E-state index in [0.717, 1.165) is 4.98 Å². The number of hydrogen-bond acceptors (Lipinski definition) is 4. The quantitative estimate of drug-likeness (QED) is 0.685. The number of thiazole rings is 1. The second-order valence-corrected chi connectivity index (χ2v) is 4.34. The average molecular weight is 327 g/mol. The Balaban J connectivity index is 3.51. The number of halogens is 7. The van der Waals surface area contributed by atoms with Crippen molar-refractivity contribution in [3.8, 4) is 0 Å². The minimum Gasteiger partial charge on any atom is -0.465 e. The van der Waals surface area contributed by atoms with E-state index in [1.807, 2.05) is 0 Å². The Hall–Kier alpha value is -1.59. The molecule has 4 nitrogen and oxygen atoms in total. The molecule has 0 aromatic carbocycles. The van der Waals surface area contributed by atoms with Crippen LogP contribution in [0.15, 0.2) is 4.79 Å². The van der Waals surface area contributed by atoms with E-state index in [1.165, 1.54) is 0 Å². The number of aromatic nitrogens is 1. The maximum Gasteiger partial charge on any atom is 0.460 e. The van der Waals surface area contributed by atoms with E-state index in [4.69, 9.17) is 0 Å². The lowest BCUT2D eigenvalue weighted by Gasteiger charge is -2.27. The number of alkyl halides is 7. The van der Waals surface area contributed by atoms with Gasteiger partial charge in [0.2, 0.25) is 0 Å². The number of carbonyl (C=O) groups excluding carboxylic acids is 1. The zero-order valence-corrected chi connectivity index (χ0v) is 10.1. The molecule has 12 heteroatoms. The molecule has 0 aliphatic carbocycles. The highest BCUT2D eigenvalue weighted by Gasteiger charge is 2.74. The Labute approximate surface area is 109 Å². The van der Waals surface area contributed by atoms with Crippen molar-refractivity contribution in [2.45, 2.75) is 18.0 Å². The molecule has 0 aliphatic heterocycles. The first-order chi connectivity index (χ1) is 8.86. The van der Waals surface area contributed by atoms with Gasteiger partial charge in [0.1, 0.15) is 10.6 Å². The number of rotatable bonds is 3. The lowest BCUT2D eigenvalue weighted by molar-refractivity contribution is -0.360. The monoisotopic (exact) mass is 327 g/mol. The van der Waals surface area contributed by atoms with Crippen molar-refractivity contribution < 1.29 is 40.3 Å². The molecule has 0 aliphatic rings. The van der Waals surface area contributed by atoms with Crippen LogP contribution in [0.25, 0.3) is 0 Å². The minimum atomic E-state index is -6.58. The van der Waals surface area contributed by atoms with Crippen molar-refractivity contribution >= 4 is 17.3 Å². The zero-order chi connectivity index (χ0) is 15.9. The van der Waals surface area contributed by atoms with Gasteiger partial charge in [-0.05, 0) is 0 Å². The predicted molar refractivity (Wildman–Crippen MR) is 51.2 cm³/mol. The van der Waals surface area contributed by atoms with Gasteiger partial charge in [-0.1, -0.05) is 11.3 Å². The molecule has 1 aromatic heterocycles. The largest absolute Gasteiger partial charge is 0.465 e. The molecule has 0 spiro atoms. The standard InChI is InChI=1S/C8H4F7NO3S/c1-19-4(17)2-3(16-5(18)20-2)6(9,10)7(11,12)8(13,14)15/h1H3,(H,16,18). The third-order valence-corrected chi connectivity index (χ3v) is 2.95. The first-order valence-corrected chi connectivity index (χ1v) is 5.32. The highest BCUT2D eigenvalue weighted by Crippen LogP contribution is 2.52. The lowest BCUT2D eigenvalue weighted by atomic mass is 10.1. The van der Waals surface area contributed by atoms with Crippen LogP contribution in [0.5, 0.6) is 0 Å². The third-order valence-electron chi connectivity index (χ3n) is 2.08. The van der Waals surface area contributed by atoms with Crippen LogP contribution < -0.4 is 4.87 Å². The van der Waals surface area contributed by atoms with Crippen molar-refractivity contribution in [1.82, 2.24) is 4.98 Å². The van der Waals surface area contributed by atoms with Gasteiger partial charge in [-0.3, -0.25) is 4.79 Å². The highest BCUT2D eigenvalue weighted by molar-refractivity contribution is 7.11. The SMILES string of the molecule is COC(=O)c1sc(=O)[nH]c1C(F)(F)C(F)(F)C(F)(F)F. The van der Waals surface area contributed by atoms with Crippen LogP contribution in [0.4, 0.5) is 30.7 Å². The number of methoxy groups -OCH3 is 1. The smallest absolute Gasteiger partial charge is 0.460 e. The lowest BCUT2D eigenvalue weighted by Crippen LogP contribution is -2.50. The summed E-state index contributed by atoms with van der Waals surface area (Å²) < 4.78 is 92.3. The summed E-state index contributed by atoms with van der Waals surface area (Å²) in [5.74, 6) is -14.0. The van der Waals surface area contributed by atoms with Gasteiger partial charge < -0.3 is 9.72 Å². The molecular formula is C8H4F7NO3S. The number of nitrogens with one attached hydrogen (secondary N) is 1.